The monoisotopic (exact) mass is 214 g/mol. The van der Waals surface area contributed by atoms with Gasteiger partial charge in [0.2, 0.25) is 0 Å². The minimum Gasteiger partial charge on any atom is -0.322 e. The third-order valence-electron chi connectivity index (χ3n) is 4.30. The molecule has 0 saturated carbocycles. The minimum absolute atomic E-state index is 0.849. The first-order chi connectivity index (χ1) is 7.16. The number of unbranched alkanes of at least 4 members (excludes halogenated alkanes) is 3. The Morgan fingerprint density at radius 2 is 1.33 bits per heavy atom. The van der Waals surface area contributed by atoms with Crippen LogP contribution in [0.15, 0.2) is 0 Å². The van der Waals surface area contributed by atoms with Gasteiger partial charge >= 0.3 is 0 Å². The third-order valence-corrected chi connectivity index (χ3v) is 4.30. The van der Waals surface area contributed by atoms with Crippen molar-refractivity contribution in [1.82, 2.24) is 0 Å². The molecule has 0 bridgehead atoms. The van der Waals surface area contributed by atoms with Gasteiger partial charge < -0.3 is 4.48 Å². The molecule has 1 unspecified atom stereocenters. The van der Waals surface area contributed by atoms with Gasteiger partial charge in [0, 0.05) is 0 Å². The van der Waals surface area contributed by atoms with E-state index < -0.39 is 0 Å². The van der Waals surface area contributed by atoms with Crippen molar-refractivity contribution in [1.29, 1.82) is 0 Å². The quantitative estimate of drug-likeness (QED) is 0.398. The first-order valence-corrected chi connectivity index (χ1v) is 7.02. The van der Waals surface area contributed by atoms with Crippen molar-refractivity contribution in [3.8, 4) is 0 Å². The fourth-order valence-electron chi connectivity index (χ4n) is 2.75. The largest absolute Gasteiger partial charge is 0.322 e. The van der Waals surface area contributed by atoms with Gasteiger partial charge in [-0.15, -0.1) is 0 Å². The van der Waals surface area contributed by atoms with Crippen LogP contribution < -0.4 is 0 Å². The van der Waals surface area contributed by atoms with E-state index >= 15 is 0 Å². The fourth-order valence-corrected chi connectivity index (χ4v) is 2.75. The molecular formula is C14H32N+. The van der Waals surface area contributed by atoms with Crippen LogP contribution in [0.1, 0.15) is 66.7 Å². The van der Waals surface area contributed by atoms with E-state index in [9.17, 15) is 0 Å². The van der Waals surface area contributed by atoms with E-state index in [1.165, 1.54) is 56.2 Å². The van der Waals surface area contributed by atoms with Crippen molar-refractivity contribution in [2.75, 3.05) is 19.6 Å². The fraction of sp³-hybridized carbons (Fsp3) is 1.00. The van der Waals surface area contributed by atoms with Gasteiger partial charge in [0.15, 0.2) is 0 Å². The summed E-state index contributed by atoms with van der Waals surface area (Å²) < 4.78 is 1.31. The predicted molar refractivity (Wildman–Crippen MR) is 70.1 cm³/mol. The highest BCUT2D eigenvalue weighted by molar-refractivity contribution is 4.54. The molecular weight excluding hydrogens is 182 g/mol. The Kier molecular flexibility index (Phi) is 8.13. The lowest BCUT2D eigenvalue weighted by molar-refractivity contribution is -0.945. The summed E-state index contributed by atoms with van der Waals surface area (Å²) in [6.45, 7) is 15.6. The number of rotatable bonds is 9. The van der Waals surface area contributed by atoms with Crippen LogP contribution in [0.4, 0.5) is 0 Å². The molecule has 0 heterocycles. The molecule has 0 aromatic rings. The maximum atomic E-state index is 2.45. The van der Waals surface area contributed by atoms with Gasteiger partial charge in [-0.2, -0.15) is 0 Å². The molecule has 0 aromatic heterocycles. The second kappa shape index (κ2) is 8.15. The molecule has 0 spiro atoms. The standard InChI is InChI=1S/C14H32N/c1-6-10-11-12-13-14(5)15(7-2,8-3)9-4/h14H,6-13H2,1-5H3/q+1. The van der Waals surface area contributed by atoms with Gasteiger partial charge in [0.1, 0.15) is 0 Å². The molecule has 1 nitrogen and oxygen atoms in total. The molecule has 0 aliphatic carbocycles. The highest BCUT2D eigenvalue weighted by atomic mass is 15.4. The summed E-state index contributed by atoms with van der Waals surface area (Å²) in [4.78, 5) is 0. The number of quaternary nitrogens is 1. The van der Waals surface area contributed by atoms with E-state index in [0.717, 1.165) is 6.04 Å². The van der Waals surface area contributed by atoms with Gasteiger partial charge in [-0.25, -0.2) is 0 Å². The lowest BCUT2D eigenvalue weighted by Crippen LogP contribution is -2.53. The molecule has 0 fully saturated rings. The van der Waals surface area contributed by atoms with Crippen LogP contribution >= 0.6 is 0 Å². The van der Waals surface area contributed by atoms with Crippen LogP contribution in [0.3, 0.4) is 0 Å². The number of nitrogens with zero attached hydrogens (tertiary/aromatic N) is 1. The molecule has 0 aromatic carbocycles. The summed E-state index contributed by atoms with van der Waals surface area (Å²) in [5.41, 5.74) is 0. The lowest BCUT2D eigenvalue weighted by Gasteiger charge is -2.41. The minimum atomic E-state index is 0.849. The average Bonchev–Trinajstić information content (AvgIpc) is 2.28. The second-order valence-corrected chi connectivity index (χ2v) is 4.87. The summed E-state index contributed by atoms with van der Waals surface area (Å²) in [7, 11) is 0. The van der Waals surface area contributed by atoms with Gasteiger partial charge in [0.05, 0.1) is 25.7 Å². The smallest absolute Gasteiger partial charge is 0.0861 e. The van der Waals surface area contributed by atoms with Gasteiger partial charge in [-0.3, -0.25) is 0 Å². The molecule has 1 atom stereocenters. The van der Waals surface area contributed by atoms with Crippen molar-refractivity contribution < 1.29 is 4.48 Å². The Bertz CT molecular complexity index is 130. The summed E-state index contributed by atoms with van der Waals surface area (Å²) in [6, 6.07) is 0.849. The van der Waals surface area contributed by atoms with E-state index in [-0.39, 0.29) is 0 Å². The summed E-state index contributed by atoms with van der Waals surface area (Å²) >= 11 is 0. The van der Waals surface area contributed by atoms with Gasteiger partial charge in [0.25, 0.3) is 0 Å². The van der Waals surface area contributed by atoms with Crippen LogP contribution in [0, 0.1) is 0 Å². The maximum absolute atomic E-state index is 2.45. The first-order valence-electron chi connectivity index (χ1n) is 7.02. The molecule has 0 radical (unpaired) electrons. The zero-order chi connectivity index (χ0) is 11.7. The highest BCUT2D eigenvalue weighted by Gasteiger charge is 2.27. The van der Waals surface area contributed by atoms with Crippen molar-refractivity contribution in [2.45, 2.75) is 72.8 Å². The number of hydrogen-bond donors (Lipinski definition) is 0. The van der Waals surface area contributed by atoms with Crippen LogP contribution in [0.5, 0.6) is 0 Å². The van der Waals surface area contributed by atoms with Gasteiger partial charge in [-0.05, 0) is 40.5 Å². The van der Waals surface area contributed by atoms with Crippen LogP contribution in [0.25, 0.3) is 0 Å². The van der Waals surface area contributed by atoms with E-state index in [4.69, 9.17) is 0 Å². The average molecular weight is 214 g/mol. The SMILES string of the molecule is CCCCCCC(C)[N+](CC)(CC)CC. The Balaban J connectivity index is 3.97. The Hall–Kier alpha value is -0.0400. The molecule has 92 valence electrons. The van der Waals surface area contributed by atoms with Crippen LogP contribution in [0.2, 0.25) is 0 Å². The summed E-state index contributed by atoms with van der Waals surface area (Å²) in [5, 5.41) is 0. The van der Waals surface area contributed by atoms with E-state index in [1.807, 2.05) is 0 Å². The lowest BCUT2D eigenvalue weighted by atomic mass is 10.0. The third kappa shape index (κ3) is 4.55. The zero-order valence-corrected chi connectivity index (χ0v) is 11.7. The first kappa shape index (κ1) is 15.0. The van der Waals surface area contributed by atoms with E-state index in [1.54, 1.807) is 0 Å². The summed E-state index contributed by atoms with van der Waals surface area (Å²) in [5.74, 6) is 0. The van der Waals surface area contributed by atoms with Crippen molar-refractivity contribution in [3.63, 3.8) is 0 Å². The predicted octanol–water partition coefficient (Wildman–Crippen LogP) is 4.22. The second-order valence-electron chi connectivity index (χ2n) is 4.87. The summed E-state index contributed by atoms with van der Waals surface area (Å²) in [6.07, 6.45) is 7.03. The van der Waals surface area contributed by atoms with Crippen LogP contribution in [-0.2, 0) is 0 Å². The Morgan fingerprint density at radius 1 is 0.800 bits per heavy atom. The highest BCUT2D eigenvalue weighted by Crippen LogP contribution is 2.18. The Morgan fingerprint density at radius 3 is 1.73 bits per heavy atom. The van der Waals surface area contributed by atoms with Crippen molar-refractivity contribution in [2.24, 2.45) is 0 Å². The Labute approximate surface area is 97.5 Å². The zero-order valence-electron chi connectivity index (χ0n) is 11.7. The van der Waals surface area contributed by atoms with E-state index in [0.29, 0.717) is 0 Å². The van der Waals surface area contributed by atoms with E-state index in [2.05, 4.69) is 34.6 Å². The molecule has 0 amide bonds. The molecule has 0 N–H and O–H groups in total. The molecule has 0 aliphatic rings. The molecule has 0 saturated heterocycles. The van der Waals surface area contributed by atoms with Crippen molar-refractivity contribution >= 4 is 0 Å². The molecule has 0 aliphatic heterocycles. The maximum Gasteiger partial charge on any atom is 0.0861 e. The topological polar surface area (TPSA) is 0 Å². The molecule has 1 heteroatoms. The number of hydrogen-bond acceptors (Lipinski definition) is 0. The normalized spacial score (nSPS) is 14.2. The molecule has 15 heavy (non-hydrogen) atoms. The molecule has 0 rings (SSSR count). The van der Waals surface area contributed by atoms with Crippen molar-refractivity contribution in [3.05, 3.63) is 0 Å². The van der Waals surface area contributed by atoms with Gasteiger partial charge in [-0.1, -0.05) is 26.2 Å². The van der Waals surface area contributed by atoms with Crippen LogP contribution in [-0.4, -0.2) is 30.2 Å².